The van der Waals surface area contributed by atoms with Crippen LogP contribution in [0.1, 0.15) is 26.3 Å². The Balaban J connectivity index is 2.62. The number of hydrogen-bond donors (Lipinski definition) is 0. The fourth-order valence-corrected chi connectivity index (χ4v) is 3.67. The van der Waals surface area contributed by atoms with Crippen LogP contribution in [0.5, 0.6) is 0 Å². The van der Waals surface area contributed by atoms with Gasteiger partial charge < -0.3 is 19.8 Å². The van der Waals surface area contributed by atoms with Gasteiger partial charge in [-0.25, -0.2) is 8.42 Å². The van der Waals surface area contributed by atoms with E-state index in [1.165, 1.54) is 50.4 Å². The van der Waals surface area contributed by atoms with Gasteiger partial charge in [-0.3, -0.25) is 4.31 Å². The van der Waals surface area contributed by atoms with Crippen LogP contribution in [-0.4, -0.2) is 27.4 Å². The molecule has 0 aliphatic rings. The van der Waals surface area contributed by atoms with E-state index < -0.39 is 22.0 Å². The molecule has 2 aromatic carbocycles. The molecule has 7 nitrogen and oxygen atoms in total. The van der Waals surface area contributed by atoms with E-state index in [0.717, 1.165) is 10.4 Å². The number of aromatic carboxylic acids is 2. The van der Waals surface area contributed by atoms with Gasteiger partial charge in [-0.15, -0.1) is 0 Å². The van der Waals surface area contributed by atoms with Crippen LogP contribution in [0.3, 0.4) is 0 Å². The highest BCUT2D eigenvalue weighted by Gasteiger charge is 2.25. The van der Waals surface area contributed by atoms with Gasteiger partial charge in [0.25, 0.3) is 10.0 Å². The Labute approximate surface area is 138 Å². The second kappa shape index (κ2) is 6.32. The lowest BCUT2D eigenvalue weighted by atomic mass is 10.1. The van der Waals surface area contributed by atoms with E-state index in [2.05, 4.69) is 0 Å². The Kier molecular flexibility index (Phi) is 4.61. The summed E-state index contributed by atoms with van der Waals surface area (Å²) in [6.07, 6.45) is 0. The molecule has 0 spiro atoms. The molecule has 0 aliphatic carbocycles. The van der Waals surface area contributed by atoms with Gasteiger partial charge in [0.05, 0.1) is 22.5 Å². The van der Waals surface area contributed by atoms with Gasteiger partial charge in [-0.2, -0.15) is 0 Å². The fourth-order valence-electron chi connectivity index (χ4n) is 2.20. The summed E-state index contributed by atoms with van der Waals surface area (Å²) in [5.74, 6) is -3.03. The molecular formula is C16H13NO6S-2. The number of para-hydroxylation sites is 1. The number of carbonyl (C=O) groups excluding carboxylic acids is 2. The summed E-state index contributed by atoms with van der Waals surface area (Å²) in [5.41, 5.74) is -0.355. The number of carboxylic acids is 2. The Bertz CT molecular complexity index is 920. The van der Waals surface area contributed by atoms with Gasteiger partial charge in [0, 0.05) is 12.6 Å². The van der Waals surface area contributed by atoms with Crippen molar-refractivity contribution < 1.29 is 28.2 Å². The first-order valence-electron chi connectivity index (χ1n) is 6.77. The van der Waals surface area contributed by atoms with Crippen LogP contribution in [0.15, 0.2) is 47.4 Å². The molecule has 0 atom stereocenters. The molecule has 0 N–H and O–H groups in total. The molecule has 0 radical (unpaired) electrons. The van der Waals surface area contributed by atoms with Crippen molar-refractivity contribution >= 4 is 27.6 Å². The Hall–Kier alpha value is -2.87. The van der Waals surface area contributed by atoms with E-state index in [-0.39, 0.29) is 21.7 Å². The lowest BCUT2D eigenvalue weighted by Gasteiger charge is -2.24. The maximum Gasteiger partial charge on any atom is 0.264 e. The molecule has 0 bridgehead atoms. The Morgan fingerprint density at radius 3 is 2.21 bits per heavy atom. The number of rotatable bonds is 5. The molecule has 0 fully saturated rings. The number of aryl methyl sites for hydroxylation is 1. The third kappa shape index (κ3) is 3.09. The van der Waals surface area contributed by atoms with E-state index in [9.17, 15) is 28.2 Å². The van der Waals surface area contributed by atoms with Crippen LogP contribution in [-0.2, 0) is 10.0 Å². The van der Waals surface area contributed by atoms with Crippen molar-refractivity contribution in [1.29, 1.82) is 0 Å². The summed E-state index contributed by atoms with van der Waals surface area (Å²) in [6.45, 7) is 1.50. The highest BCUT2D eigenvalue weighted by atomic mass is 32.2. The maximum absolute atomic E-state index is 12.8. The first kappa shape index (κ1) is 17.5. The predicted octanol–water partition coefficient (Wildman–Crippen LogP) is -0.453. The largest absolute Gasteiger partial charge is 0.545 e. The molecule has 2 aromatic rings. The molecule has 126 valence electrons. The molecule has 0 aliphatic heterocycles. The zero-order valence-corrected chi connectivity index (χ0v) is 13.7. The molecule has 0 amide bonds. The van der Waals surface area contributed by atoms with Crippen LogP contribution in [0.4, 0.5) is 5.69 Å². The fraction of sp³-hybridized carbons (Fsp3) is 0.125. The minimum atomic E-state index is -4.18. The van der Waals surface area contributed by atoms with Gasteiger partial charge in [-0.05, 0) is 30.2 Å². The average molecular weight is 347 g/mol. The molecule has 2 rings (SSSR count). The second-order valence-corrected chi connectivity index (χ2v) is 6.98. The molecule has 0 heterocycles. The van der Waals surface area contributed by atoms with Gasteiger partial charge >= 0.3 is 0 Å². The van der Waals surface area contributed by atoms with E-state index in [4.69, 9.17) is 0 Å². The predicted molar refractivity (Wildman–Crippen MR) is 81.9 cm³/mol. The lowest BCUT2D eigenvalue weighted by molar-refractivity contribution is -0.256. The zero-order chi connectivity index (χ0) is 18.1. The molecule has 0 saturated carbocycles. The third-order valence-corrected chi connectivity index (χ3v) is 5.44. The SMILES string of the molecule is Cc1ccc(C(=O)[O-])cc1S(=O)(=O)N(C)c1ccccc1C(=O)[O-]. The minimum absolute atomic E-state index is 0.0873. The summed E-state index contributed by atoms with van der Waals surface area (Å²) in [5, 5.41) is 22.2. The van der Waals surface area contributed by atoms with Gasteiger partial charge in [0.1, 0.15) is 0 Å². The van der Waals surface area contributed by atoms with Crippen LogP contribution >= 0.6 is 0 Å². The van der Waals surface area contributed by atoms with Gasteiger partial charge in [0.15, 0.2) is 0 Å². The summed E-state index contributed by atoms with van der Waals surface area (Å²) in [4.78, 5) is 21.9. The molecular weight excluding hydrogens is 334 g/mol. The number of benzene rings is 2. The first-order valence-corrected chi connectivity index (χ1v) is 8.21. The minimum Gasteiger partial charge on any atom is -0.545 e. The highest BCUT2D eigenvalue weighted by Crippen LogP contribution is 2.27. The lowest BCUT2D eigenvalue weighted by Crippen LogP contribution is -2.32. The second-order valence-electron chi connectivity index (χ2n) is 5.04. The maximum atomic E-state index is 12.8. The number of sulfonamides is 1. The molecule has 24 heavy (non-hydrogen) atoms. The number of nitrogens with zero attached hydrogens (tertiary/aromatic N) is 1. The Morgan fingerprint density at radius 1 is 1.00 bits per heavy atom. The van der Waals surface area contributed by atoms with Crippen LogP contribution < -0.4 is 14.5 Å². The quantitative estimate of drug-likeness (QED) is 0.723. The first-order chi connectivity index (χ1) is 11.2. The number of carbonyl (C=O) groups is 2. The van der Waals surface area contributed by atoms with Crippen LogP contribution in [0.25, 0.3) is 0 Å². The third-order valence-electron chi connectivity index (χ3n) is 3.53. The van der Waals surface area contributed by atoms with Crippen molar-refractivity contribution in [3.8, 4) is 0 Å². The van der Waals surface area contributed by atoms with Crippen molar-refractivity contribution in [2.24, 2.45) is 0 Å². The smallest absolute Gasteiger partial charge is 0.264 e. The average Bonchev–Trinajstić information content (AvgIpc) is 2.54. The van der Waals surface area contributed by atoms with E-state index in [0.29, 0.717) is 5.56 Å². The molecule has 8 heteroatoms. The topological polar surface area (TPSA) is 118 Å². The van der Waals surface area contributed by atoms with Crippen LogP contribution in [0.2, 0.25) is 0 Å². The van der Waals surface area contributed by atoms with Gasteiger partial charge in [0.2, 0.25) is 0 Å². The summed E-state index contributed by atoms with van der Waals surface area (Å²) >= 11 is 0. The normalized spacial score (nSPS) is 11.1. The summed E-state index contributed by atoms with van der Waals surface area (Å²) in [6, 6.07) is 9.03. The van der Waals surface area contributed by atoms with Crippen molar-refractivity contribution in [2.45, 2.75) is 11.8 Å². The van der Waals surface area contributed by atoms with E-state index >= 15 is 0 Å². The number of anilines is 1. The standard InChI is InChI=1S/C16H15NO6S/c1-10-7-8-11(15(18)19)9-14(10)24(22,23)17(2)13-6-4-3-5-12(13)16(20)21/h3-9H,1-2H3,(H,18,19)(H,20,21)/p-2. The van der Waals surface area contributed by atoms with Crippen molar-refractivity contribution in [2.75, 3.05) is 11.4 Å². The number of hydrogen-bond acceptors (Lipinski definition) is 6. The highest BCUT2D eigenvalue weighted by molar-refractivity contribution is 7.92. The summed E-state index contributed by atoms with van der Waals surface area (Å²) in [7, 11) is -3.00. The molecule has 0 saturated heterocycles. The van der Waals surface area contributed by atoms with Crippen molar-refractivity contribution in [3.05, 3.63) is 59.2 Å². The summed E-state index contributed by atoms with van der Waals surface area (Å²) < 4.78 is 26.4. The van der Waals surface area contributed by atoms with E-state index in [1.807, 2.05) is 0 Å². The van der Waals surface area contributed by atoms with Crippen molar-refractivity contribution in [3.63, 3.8) is 0 Å². The van der Waals surface area contributed by atoms with Gasteiger partial charge in [-0.1, -0.05) is 30.3 Å². The monoisotopic (exact) mass is 347 g/mol. The Morgan fingerprint density at radius 2 is 1.62 bits per heavy atom. The molecule has 0 unspecified atom stereocenters. The molecule has 0 aromatic heterocycles. The van der Waals surface area contributed by atoms with E-state index in [1.54, 1.807) is 0 Å². The van der Waals surface area contributed by atoms with Crippen molar-refractivity contribution in [1.82, 2.24) is 0 Å². The van der Waals surface area contributed by atoms with Crippen LogP contribution in [0, 0.1) is 6.92 Å². The zero-order valence-electron chi connectivity index (χ0n) is 12.8. The number of carboxylic acid groups (broad SMARTS) is 2.